The first kappa shape index (κ1) is 24.0. The smallest absolute Gasteiger partial charge is 0.243 e. The number of anilines is 1. The van der Waals surface area contributed by atoms with Crippen LogP contribution in [-0.2, 0) is 21.4 Å². The molecule has 2 aromatic rings. The number of aromatic nitrogens is 3. The SMILES string of the molecule is CCOc1ccc(S(=O)(=O)N2CCCCC2)cc1NC(=O)CSc1nnc(C2CC2)n1CC. The molecule has 0 atom stereocenters. The monoisotopic (exact) mass is 493 g/mol. The van der Waals surface area contributed by atoms with Crippen LogP contribution in [0.3, 0.4) is 0 Å². The number of carbonyl (C=O) groups excluding carboxylic acids is 1. The van der Waals surface area contributed by atoms with Crippen LogP contribution in [0.1, 0.15) is 57.7 Å². The van der Waals surface area contributed by atoms with E-state index >= 15 is 0 Å². The van der Waals surface area contributed by atoms with E-state index in [4.69, 9.17) is 4.74 Å². The number of benzene rings is 1. The summed E-state index contributed by atoms with van der Waals surface area (Å²) in [5, 5.41) is 12.1. The van der Waals surface area contributed by atoms with Gasteiger partial charge in [0.1, 0.15) is 11.6 Å². The zero-order valence-corrected chi connectivity index (χ0v) is 20.8. The average Bonchev–Trinajstić information content (AvgIpc) is 3.58. The zero-order valence-electron chi connectivity index (χ0n) is 19.1. The Balaban J connectivity index is 1.47. The predicted octanol–water partition coefficient (Wildman–Crippen LogP) is 3.48. The average molecular weight is 494 g/mol. The highest BCUT2D eigenvalue weighted by Crippen LogP contribution is 2.40. The Bertz CT molecular complexity index is 1090. The highest BCUT2D eigenvalue weighted by molar-refractivity contribution is 7.99. The number of nitrogens with zero attached hydrogens (tertiary/aromatic N) is 4. The first-order valence-corrected chi connectivity index (χ1v) is 14.0. The van der Waals surface area contributed by atoms with Crippen molar-refractivity contribution in [2.75, 3.05) is 30.8 Å². The molecule has 1 saturated carbocycles. The molecular weight excluding hydrogens is 462 g/mol. The van der Waals surface area contributed by atoms with Crippen LogP contribution >= 0.6 is 11.8 Å². The summed E-state index contributed by atoms with van der Waals surface area (Å²) in [6.07, 6.45) is 5.05. The molecule has 2 aliphatic rings. The normalized spacial score (nSPS) is 17.2. The van der Waals surface area contributed by atoms with Crippen molar-refractivity contribution in [3.63, 3.8) is 0 Å². The highest BCUT2D eigenvalue weighted by Gasteiger charge is 2.30. The molecule has 4 rings (SSSR count). The van der Waals surface area contributed by atoms with Crippen molar-refractivity contribution in [3.05, 3.63) is 24.0 Å². The van der Waals surface area contributed by atoms with E-state index < -0.39 is 10.0 Å². The van der Waals surface area contributed by atoms with Crippen molar-refractivity contribution in [2.45, 2.75) is 68.5 Å². The van der Waals surface area contributed by atoms with Gasteiger partial charge in [0, 0.05) is 25.6 Å². The Kier molecular flexibility index (Phi) is 7.60. The van der Waals surface area contributed by atoms with Crippen molar-refractivity contribution in [1.29, 1.82) is 0 Å². The van der Waals surface area contributed by atoms with E-state index in [1.165, 1.54) is 22.1 Å². The maximum absolute atomic E-state index is 13.1. The van der Waals surface area contributed by atoms with Crippen LogP contribution in [-0.4, -0.2) is 58.8 Å². The molecule has 11 heteroatoms. The molecule has 1 aromatic carbocycles. The van der Waals surface area contributed by atoms with Gasteiger partial charge in [-0.3, -0.25) is 4.79 Å². The predicted molar refractivity (Wildman–Crippen MR) is 127 cm³/mol. The molecule has 1 aromatic heterocycles. The lowest BCUT2D eigenvalue weighted by molar-refractivity contribution is -0.113. The lowest BCUT2D eigenvalue weighted by Gasteiger charge is -2.26. The Morgan fingerprint density at radius 1 is 1.18 bits per heavy atom. The number of hydrogen-bond donors (Lipinski definition) is 1. The third-order valence-corrected chi connectivity index (χ3v) is 8.68. The number of amides is 1. The van der Waals surface area contributed by atoms with Gasteiger partial charge in [-0.2, -0.15) is 4.31 Å². The third kappa shape index (κ3) is 5.52. The summed E-state index contributed by atoms with van der Waals surface area (Å²) < 4.78 is 35.4. The second-order valence-corrected chi connectivity index (χ2v) is 11.1. The van der Waals surface area contributed by atoms with Crippen molar-refractivity contribution < 1.29 is 17.9 Å². The number of piperidine rings is 1. The fourth-order valence-electron chi connectivity index (χ4n) is 3.97. The summed E-state index contributed by atoms with van der Waals surface area (Å²) in [5.41, 5.74) is 0.358. The minimum absolute atomic E-state index is 0.136. The van der Waals surface area contributed by atoms with E-state index in [1.807, 2.05) is 13.8 Å². The quantitative estimate of drug-likeness (QED) is 0.505. The Morgan fingerprint density at radius 2 is 1.94 bits per heavy atom. The number of ether oxygens (including phenoxy) is 1. The number of rotatable bonds is 10. The van der Waals surface area contributed by atoms with Crippen LogP contribution in [0, 0.1) is 0 Å². The molecule has 0 unspecified atom stereocenters. The van der Waals surface area contributed by atoms with Gasteiger partial charge in [0.15, 0.2) is 5.16 Å². The van der Waals surface area contributed by atoms with Crippen LogP contribution in [0.4, 0.5) is 5.69 Å². The molecule has 1 aliphatic carbocycles. The van der Waals surface area contributed by atoms with Gasteiger partial charge in [-0.05, 0) is 57.7 Å². The van der Waals surface area contributed by atoms with Gasteiger partial charge in [-0.25, -0.2) is 8.42 Å². The lowest BCUT2D eigenvalue weighted by Crippen LogP contribution is -2.35. The van der Waals surface area contributed by atoms with Gasteiger partial charge in [0.05, 0.1) is 22.9 Å². The van der Waals surface area contributed by atoms with E-state index in [2.05, 4.69) is 20.1 Å². The van der Waals surface area contributed by atoms with Crippen LogP contribution in [0.5, 0.6) is 5.75 Å². The van der Waals surface area contributed by atoms with Crippen LogP contribution in [0.15, 0.2) is 28.3 Å². The van der Waals surface area contributed by atoms with Crippen molar-refractivity contribution in [2.24, 2.45) is 0 Å². The van der Waals surface area contributed by atoms with E-state index in [0.29, 0.717) is 37.1 Å². The van der Waals surface area contributed by atoms with Crippen LogP contribution < -0.4 is 10.1 Å². The number of hydrogen-bond acceptors (Lipinski definition) is 7. The molecule has 1 saturated heterocycles. The van der Waals surface area contributed by atoms with E-state index in [-0.39, 0.29) is 16.6 Å². The summed E-state index contributed by atoms with van der Waals surface area (Å²) in [6.45, 7) is 6.09. The zero-order chi connectivity index (χ0) is 23.4. The lowest BCUT2D eigenvalue weighted by atomic mass is 10.2. The topological polar surface area (TPSA) is 106 Å². The standard InChI is InChI=1S/C22H31N5O4S2/c1-3-27-21(16-8-9-16)24-25-22(27)32-15-20(28)23-18-14-17(10-11-19(18)31-4-2)33(29,30)26-12-6-5-7-13-26/h10-11,14,16H,3-9,12-13,15H2,1-2H3,(H,23,28). The van der Waals surface area contributed by atoms with Crippen LogP contribution in [0.25, 0.3) is 0 Å². The van der Waals surface area contributed by atoms with E-state index in [0.717, 1.165) is 49.6 Å². The molecule has 2 fully saturated rings. The first-order valence-electron chi connectivity index (χ1n) is 11.6. The highest BCUT2D eigenvalue weighted by atomic mass is 32.2. The number of nitrogens with one attached hydrogen (secondary N) is 1. The summed E-state index contributed by atoms with van der Waals surface area (Å²) >= 11 is 1.33. The van der Waals surface area contributed by atoms with Gasteiger partial charge in [-0.1, -0.05) is 18.2 Å². The van der Waals surface area contributed by atoms with Crippen molar-refractivity contribution >= 4 is 33.4 Å². The maximum Gasteiger partial charge on any atom is 0.243 e. The fraction of sp³-hybridized carbons (Fsp3) is 0.591. The maximum atomic E-state index is 13.1. The molecule has 1 N–H and O–H groups in total. The summed E-state index contributed by atoms with van der Waals surface area (Å²) in [4.78, 5) is 12.9. The first-order chi connectivity index (χ1) is 15.9. The van der Waals surface area contributed by atoms with Crippen molar-refractivity contribution in [3.8, 4) is 5.75 Å². The molecule has 0 bridgehead atoms. The molecule has 1 amide bonds. The molecule has 0 radical (unpaired) electrons. The molecule has 9 nitrogen and oxygen atoms in total. The molecule has 1 aliphatic heterocycles. The van der Waals surface area contributed by atoms with Gasteiger partial charge in [0.25, 0.3) is 0 Å². The minimum Gasteiger partial charge on any atom is -0.492 e. The third-order valence-electron chi connectivity index (χ3n) is 5.81. The molecule has 0 spiro atoms. The largest absolute Gasteiger partial charge is 0.492 e. The Morgan fingerprint density at radius 3 is 2.61 bits per heavy atom. The van der Waals surface area contributed by atoms with Crippen molar-refractivity contribution in [1.82, 2.24) is 19.1 Å². The Hall–Kier alpha value is -2.11. The van der Waals surface area contributed by atoms with E-state index in [9.17, 15) is 13.2 Å². The van der Waals surface area contributed by atoms with Gasteiger partial charge < -0.3 is 14.6 Å². The summed E-state index contributed by atoms with van der Waals surface area (Å²) in [5.74, 6) is 1.80. The van der Waals surface area contributed by atoms with Gasteiger partial charge in [-0.15, -0.1) is 10.2 Å². The molecular formula is C22H31N5O4S2. The fourth-order valence-corrected chi connectivity index (χ4v) is 6.32. The van der Waals surface area contributed by atoms with Crippen LogP contribution in [0.2, 0.25) is 0 Å². The number of sulfonamides is 1. The Labute approximate surface area is 199 Å². The second-order valence-electron chi connectivity index (χ2n) is 8.25. The molecule has 33 heavy (non-hydrogen) atoms. The summed E-state index contributed by atoms with van der Waals surface area (Å²) in [6, 6.07) is 4.65. The molecule has 2 heterocycles. The minimum atomic E-state index is -3.62. The second kappa shape index (κ2) is 10.4. The van der Waals surface area contributed by atoms with E-state index in [1.54, 1.807) is 12.1 Å². The molecule has 180 valence electrons. The summed E-state index contributed by atoms with van der Waals surface area (Å²) in [7, 11) is -3.62. The number of thioether (sulfide) groups is 1. The van der Waals surface area contributed by atoms with Gasteiger partial charge in [0.2, 0.25) is 15.9 Å². The number of carbonyl (C=O) groups is 1. The van der Waals surface area contributed by atoms with Gasteiger partial charge >= 0.3 is 0 Å².